The first-order valence-corrected chi connectivity index (χ1v) is 9.21. The molecule has 0 saturated carbocycles. The molecular weight excluding hydrogens is 300 g/mol. The van der Waals surface area contributed by atoms with Crippen molar-refractivity contribution < 1.29 is 9.47 Å². The minimum absolute atomic E-state index is 0.120. The Morgan fingerprint density at radius 1 is 1.29 bits per heavy atom. The fraction of sp³-hybridized carbons (Fsp3) is 0.600. The number of ether oxygens (including phenoxy) is 2. The predicted molar refractivity (Wildman–Crippen MR) is 96.1 cm³/mol. The van der Waals surface area contributed by atoms with E-state index >= 15 is 0 Å². The lowest BCUT2D eigenvalue weighted by atomic mass is 9.78. The van der Waals surface area contributed by atoms with Crippen molar-refractivity contribution in [3.05, 3.63) is 36.0 Å². The third-order valence-corrected chi connectivity index (χ3v) is 6.05. The van der Waals surface area contributed by atoms with E-state index < -0.39 is 0 Å². The molecule has 24 heavy (non-hydrogen) atoms. The fourth-order valence-corrected chi connectivity index (χ4v) is 4.62. The van der Waals surface area contributed by atoms with Crippen molar-refractivity contribution in [2.75, 3.05) is 33.4 Å². The van der Waals surface area contributed by atoms with E-state index in [1.807, 2.05) is 6.20 Å². The van der Waals surface area contributed by atoms with Gasteiger partial charge < -0.3 is 14.5 Å². The van der Waals surface area contributed by atoms with Gasteiger partial charge in [0.1, 0.15) is 0 Å². The molecule has 2 aromatic rings. The van der Waals surface area contributed by atoms with Gasteiger partial charge in [0, 0.05) is 57.1 Å². The zero-order valence-electron chi connectivity index (χ0n) is 14.6. The molecule has 0 amide bonds. The fourth-order valence-electron chi connectivity index (χ4n) is 4.62. The zero-order valence-corrected chi connectivity index (χ0v) is 14.6. The molecule has 0 aliphatic carbocycles. The second-order valence-corrected chi connectivity index (χ2v) is 7.31. The summed E-state index contributed by atoms with van der Waals surface area (Å²) >= 11 is 0. The number of nitrogens with zero attached hydrogens (tertiary/aromatic N) is 1. The number of likely N-dealkylation sites (tertiary alicyclic amines) is 1. The van der Waals surface area contributed by atoms with Gasteiger partial charge in [0.2, 0.25) is 0 Å². The molecule has 2 fully saturated rings. The molecule has 4 heteroatoms. The van der Waals surface area contributed by atoms with Gasteiger partial charge in [-0.25, -0.2) is 0 Å². The SMILES string of the molecule is COCC[C@@H]1CCOC12CCN(Cc1cccc3[nH]ccc13)CC2. The first kappa shape index (κ1) is 16.1. The Labute approximate surface area is 144 Å². The molecule has 4 nitrogen and oxygen atoms in total. The summed E-state index contributed by atoms with van der Waals surface area (Å²) in [5.41, 5.74) is 2.78. The van der Waals surface area contributed by atoms with Crippen LogP contribution in [0.25, 0.3) is 10.9 Å². The summed E-state index contributed by atoms with van der Waals surface area (Å²) in [6, 6.07) is 8.75. The van der Waals surface area contributed by atoms with E-state index in [0.717, 1.165) is 52.1 Å². The first-order valence-electron chi connectivity index (χ1n) is 9.21. The molecule has 0 unspecified atom stereocenters. The van der Waals surface area contributed by atoms with Crippen LogP contribution in [0.4, 0.5) is 0 Å². The van der Waals surface area contributed by atoms with Crippen LogP contribution in [0.2, 0.25) is 0 Å². The Kier molecular flexibility index (Phi) is 4.61. The number of methoxy groups -OCH3 is 1. The van der Waals surface area contributed by atoms with E-state index in [4.69, 9.17) is 9.47 Å². The summed E-state index contributed by atoms with van der Waals surface area (Å²) in [5, 5.41) is 1.35. The summed E-state index contributed by atoms with van der Waals surface area (Å²) in [7, 11) is 1.80. The van der Waals surface area contributed by atoms with Gasteiger partial charge in [-0.05, 0) is 49.3 Å². The van der Waals surface area contributed by atoms with Crippen molar-refractivity contribution in [3.8, 4) is 0 Å². The molecule has 1 N–H and O–H groups in total. The number of benzene rings is 1. The maximum Gasteiger partial charge on any atom is 0.0736 e. The van der Waals surface area contributed by atoms with Crippen LogP contribution in [0.3, 0.4) is 0 Å². The minimum atomic E-state index is 0.120. The second kappa shape index (κ2) is 6.87. The minimum Gasteiger partial charge on any atom is -0.385 e. The van der Waals surface area contributed by atoms with E-state index in [-0.39, 0.29) is 5.60 Å². The Bertz CT molecular complexity index is 673. The number of nitrogens with one attached hydrogen (secondary N) is 1. The molecule has 2 aliphatic heterocycles. The van der Waals surface area contributed by atoms with Gasteiger partial charge in [-0.3, -0.25) is 4.90 Å². The average molecular weight is 328 g/mol. The normalized spacial score (nSPS) is 24.1. The number of rotatable bonds is 5. The Morgan fingerprint density at radius 3 is 3.00 bits per heavy atom. The summed E-state index contributed by atoms with van der Waals surface area (Å²) in [6.07, 6.45) is 6.69. The summed E-state index contributed by atoms with van der Waals surface area (Å²) in [5.74, 6) is 0.674. The van der Waals surface area contributed by atoms with Gasteiger partial charge in [-0.2, -0.15) is 0 Å². The quantitative estimate of drug-likeness (QED) is 0.912. The van der Waals surface area contributed by atoms with Crippen LogP contribution in [-0.2, 0) is 16.0 Å². The number of aromatic nitrogens is 1. The van der Waals surface area contributed by atoms with Crippen LogP contribution in [0.15, 0.2) is 30.5 Å². The van der Waals surface area contributed by atoms with Gasteiger partial charge in [0.25, 0.3) is 0 Å². The summed E-state index contributed by atoms with van der Waals surface area (Å²) in [6.45, 7) is 5.08. The van der Waals surface area contributed by atoms with E-state index in [0.29, 0.717) is 5.92 Å². The highest BCUT2D eigenvalue weighted by atomic mass is 16.5. The standard InChI is InChI=1S/C20H28N2O2/c1-23-13-6-17-7-14-24-20(17)8-11-22(12-9-20)15-16-3-2-4-19-18(16)5-10-21-19/h2-5,10,17,21H,6-9,11-15H2,1H3/t17-/m1/s1. The topological polar surface area (TPSA) is 37.5 Å². The highest BCUT2D eigenvalue weighted by molar-refractivity contribution is 5.82. The molecule has 2 aliphatic rings. The van der Waals surface area contributed by atoms with E-state index in [9.17, 15) is 0 Å². The number of piperidine rings is 1. The van der Waals surface area contributed by atoms with Crippen LogP contribution in [0.1, 0.15) is 31.2 Å². The van der Waals surface area contributed by atoms with Crippen LogP contribution in [0, 0.1) is 5.92 Å². The van der Waals surface area contributed by atoms with Gasteiger partial charge >= 0.3 is 0 Å². The average Bonchev–Trinajstić information content (AvgIpc) is 3.23. The summed E-state index contributed by atoms with van der Waals surface area (Å²) in [4.78, 5) is 5.90. The highest BCUT2D eigenvalue weighted by Gasteiger charge is 2.45. The molecule has 0 bridgehead atoms. The lowest BCUT2D eigenvalue weighted by molar-refractivity contribution is -0.0720. The Morgan fingerprint density at radius 2 is 2.17 bits per heavy atom. The van der Waals surface area contributed by atoms with Crippen molar-refractivity contribution in [2.45, 2.75) is 37.8 Å². The maximum atomic E-state index is 6.26. The lowest BCUT2D eigenvalue weighted by Gasteiger charge is -2.42. The molecule has 2 saturated heterocycles. The van der Waals surface area contributed by atoms with Gasteiger partial charge in [-0.15, -0.1) is 0 Å². The monoisotopic (exact) mass is 328 g/mol. The van der Waals surface area contributed by atoms with Gasteiger partial charge in [0.05, 0.1) is 5.60 Å². The van der Waals surface area contributed by atoms with Crippen molar-refractivity contribution in [2.24, 2.45) is 5.92 Å². The third kappa shape index (κ3) is 2.99. The van der Waals surface area contributed by atoms with Gasteiger partial charge in [0.15, 0.2) is 0 Å². The van der Waals surface area contributed by atoms with Crippen molar-refractivity contribution in [1.29, 1.82) is 0 Å². The molecular formula is C20H28N2O2. The number of fused-ring (bicyclic) bond motifs is 1. The number of aromatic amines is 1. The van der Waals surface area contributed by atoms with Crippen LogP contribution >= 0.6 is 0 Å². The van der Waals surface area contributed by atoms with E-state index in [1.165, 1.54) is 22.9 Å². The third-order valence-electron chi connectivity index (χ3n) is 6.05. The van der Waals surface area contributed by atoms with Crippen molar-refractivity contribution in [1.82, 2.24) is 9.88 Å². The summed E-state index contributed by atoms with van der Waals surface area (Å²) < 4.78 is 11.6. The number of H-pyrrole nitrogens is 1. The number of hydrogen-bond donors (Lipinski definition) is 1. The first-order chi connectivity index (χ1) is 11.8. The molecule has 1 aromatic carbocycles. The molecule has 1 atom stereocenters. The molecule has 1 spiro atoms. The largest absolute Gasteiger partial charge is 0.385 e. The van der Waals surface area contributed by atoms with Crippen LogP contribution < -0.4 is 0 Å². The zero-order chi connectivity index (χ0) is 16.4. The molecule has 0 radical (unpaired) electrons. The number of hydrogen-bond acceptors (Lipinski definition) is 3. The molecule has 4 rings (SSSR count). The Balaban J connectivity index is 1.40. The van der Waals surface area contributed by atoms with E-state index in [2.05, 4.69) is 34.1 Å². The lowest BCUT2D eigenvalue weighted by Crippen LogP contribution is -2.47. The second-order valence-electron chi connectivity index (χ2n) is 7.31. The van der Waals surface area contributed by atoms with Crippen LogP contribution in [0.5, 0.6) is 0 Å². The molecule has 130 valence electrons. The smallest absolute Gasteiger partial charge is 0.0736 e. The predicted octanol–water partition coefficient (Wildman–Crippen LogP) is 3.58. The van der Waals surface area contributed by atoms with Gasteiger partial charge in [-0.1, -0.05) is 12.1 Å². The van der Waals surface area contributed by atoms with E-state index in [1.54, 1.807) is 7.11 Å². The van der Waals surface area contributed by atoms with Crippen LogP contribution in [-0.4, -0.2) is 48.9 Å². The molecule has 1 aromatic heterocycles. The van der Waals surface area contributed by atoms with Crippen molar-refractivity contribution in [3.63, 3.8) is 0 Å². The molecule has 3 heterocycles. The maximum absolute atomic E-state index is 6.26. The highest BCUT2D eigenvalue weighted by Crippen LogP contribution is 2.42. The van der Waals surface area contributed by atoms with Crippen molar-refractivity contribution >= 4 is 10.9 Å². The Hall–Kier alpha value is -1.36.